The smallest absolute Gasteiger partial charge is 0.479 e. The quantitative estimate of drug-likeness (QED) is 0.638. The summed E-state index contributed by atoms with van der Waals surface area (Å²) < 4.78 is 57.9. The largest absolute Gasteiger partial charge is 0.522 e. The number of Topliss-reactive ketones (excluding diaryl/α,β-unsaturated/α-hetero) is 1. The van der Waals surface area contributed by atoms with Gasteiger partial charge in [-0.15, -0.1) is 23.4 Å². The Labute approximate surface area is 202 Å². The summed E-state index contributed by atoms with van der Waals surface area (Å²) in [5.41, 5.74) is 0.356. The topological polar surface area (TPSA) is 113 Å². The molecule has 2 fully saturated rings. The summed E-state index contributed by atoms with van der Waals surface area (Å²) in [5, 5.41) is 11.2. The first-order chi connectivity index (χ1) is 16.6. The van der Waals surface area contributed by atoms with E-state index in [-0.39, 0.29) is 55.4 Å². The van der Waals surface area contributed by atoms with E-state index >= 15 is 0 Å². The predicted molar refractivity (Wildman–Crippen MR) is 112 cm³/mol. The van der Waals surface area contributed by atoms with E-state index in [2.05, 4.69) is 20.3 Å². The molecule has 0 radical (unpaired) electrons. The number of carbonyl (C=O) groups excluding carboxylic acids is 2. The second-order valence-electron chi connectivity index (χ2n) is 8.81. The van der Waals surface area contributed by atoms with Crippen LogP contribution in [0.25, 0.3) is 0 Å². The van der Waals surface area contributed by atoms with Gasteiger partial charge in [0.05, 0.1) is 30.7 Å². The fraction of sp³-hybridized carbons (Fsp3) is 0.545. The van der Waals surface area contributed by atoms with Gasteiger partial charge in [-0.25, -0.2) is 0 Å². The minimum Gasteiger partial charge on any atom is -0.479 e. The predicted octanol–water partition coefficient (Wildman–Crippen LogP) is 3.88. The second-order valence-corrected chi connectivity index (χ2v) is 9.25. The van der Waals surface area contributed by atoms with Crippen LogP contribution in [0.4, 0.5) is 13.2 Å². The van der Waals surface area contributed by atoms with Gasteiger partial charge in [0.2, 0.25) is 11.8 Å². The lowest BCUT2D eigenvalue weighted by atomic mass is 9.82. The number of carbonyl (C=O) groups is 2. The molecule has 1 N–H and O–H groups in total. The highest BCUT2D eigenvalue weighted by molar-refractivity contribution is 6.31. The number of ether oxygens (including phenoxy) is 3. The Balaban J connectivity index is 1.09. The normalized spacial score (nSPS) is 28.6. The maximum atomic E-state index is 12.7. The number of rotatable bonds is 5. The van der Waals surface area contributed by atoms with Gasteiger partial charge in [-0.1, -0.05) is 11.6 Å². The number of amides is 1. The van der Waals surface area contributed by atoms with Gasteiger partial charge >= 0.3 is 6.36 Å². The van der Waals surface area contributed by atoms with E-state index in [0.29, 0.717) is 29.2 Å². The minimum absolute atomic E-state index is 0.0871. The summed E-state index contributed by atoms with van der Waals surface area (Å²) in [6.45, 7) is 0.186. The highest BCUT2D eigenvalue weighted by Gasteiger charge is 2.43. The molecular weight excluding hydrogens is 495 g/mol. The Kier molecular flexibility index (Phi) is 6.45. The molecule has 3 heterocycles. The van der Waals surface area contributed by atoms with E-state index in [4.69, 9.17) is 25.5 Å². The SMILES string of the molecule is O=C1C[C@@H](C(=O)N[C@@H]2CC[C@@H](c3nnc(C4CC(OC(F)(F)F)C4)o3)OC2)Oc2ccc(Cl)cc21. The van der Waals surface area contributed by atoms with Crippen LogP contribution in [0.3, 0.4) is 0 Å². The summed E-state index contributed by atoms with van der Waals surface area (Å²) in [7, 11) is 0. The standard InChI is InChI=1S/C22H21ClF3N3O6/c23-11-1-3-16-14(7-11)15(30)8-18(33-16)19(31)27-12-2-4-17(32-9-12)21-29-28-20(34-21)10-5-13(6-10)35-22(24,25)26/h1,3,7,10,12-13,17-18H,2,4-6,8-9H2,(H,27,31)/t10?,12-,13?,17+,18+/m1/s1. The maximum Gasteiger partial charge on any atom is 0.522 e. The van der Waals surface area contributed by atoms with Crippen LogP contribution in [0.5, 0.6) is 5.75 Å². The fourth-order valence-electron chi connectivity index (χ4n) is 4.39. The number of benzene rings is 1. The van der Waals surface area contributed by atoms with Crippen LogP contribution in [0.15, 0.2) is 22.6 Å². The molecule has 1 saturated carbocycles. The lowest BCUT2D eigenvalue weighted by molar-refractivity contribution is -0.352. The summed E-state index contributed by atoms with van der Waals surface area (Å²) in [6, 6.07) is 4.38. The zero-order valence-electron chi connectivity index (χ0n) is 18.2. The van der Waals surface area contributed by atoms with Crippen LogP contribution in [0.1, 0.15) is 66.3 Å². The van der Waals surface area contributed by atoms with Gasteiger partial charge in [0.15, 0.2) is 11.9 Å². The monoisotopic (exact) mass is 515 g/mol. The molecule has 2 aromatic rings. The van der Waals surface area contributed by atoms with Crippen molar-refractivity contribution in [2.45, 2.75) is 68.7 Å². The number of halogens is 4. The van der Waals surface area contributed by atoms with Crippen LogP contribution >= 0.6 is 11.6 Å². The molecule has 0 unspecified atom stereocenters. The Morgan fingerprint density at radius 1 is 1.17 bits per heavy atom. The van der Waals surface area contributed by atoms with Crippen molar-refractivity contribution in [3.05, 3.63) is 40.6 Å². The maximum absolute atomic E-state index is 12.7. The van der Waals surface area contributed by atoms with Gasteiger partial charge in [0.1, 0.15) is 11.9 Å². The molecule has 1 aliphatic carbocycles. The molecule has 188 valence electrons. The van der Waals surface area contributed by atoms with E-state index in [1.807, 2.05) is 0 Å². The molecule has 1 aromatic heterocycles. The Morgan fingerprint density at radius 2 is 1.94 bits per heavy atom. The number of nitrogens with one attached hydrogen (secondary N) is 1. The zero-order chi connectivity index (χ0) is 24.7. The average molecular weight is 516 g/mol. The number of alkyl halides is 3. The molecule has 1 aromatic carbocycles. The number of hydrogen-bond acceptors (Lipinski definition) is 8. The van der Waals surface area contributed by atoms with Crippen LogP contribution in [-0.2, 0) is 14.3 Å². The first-order valence-corrected chi connectivity index (χ1v) is 11.5. The Hall–Kier alpha value is -2.70. The Morgan fingerprint density at radius 3 is 2.66 bits per heavy atom. The Bertz CT molecular complexity index is 1110. The number of nitrogens with zero attached hydrogens (tertiary/aromatic N) is 2. The van der Waals surface area contributed by atoms with E-state index in [1.54, 1.807) is 12.1 Å². The molecule has 2 aliphatic heterocycles. The third-order valence-electron chi connectivity index (χ3n) is 6.27. The molecule has 35 heavy (non-hydrogen) atoms. The van der Waals surface area contributed by atoms with Gasteiger partial charge < -0.3 is 19.2 Å². The molecule has 9 nitrogen and oxygen atoms in total. The molecule has 13 heteroatoms. The van der Waals surface area contributed by atoms with Crippen molar-refractivity contribution in [1.29, 1.82) is 0 Å². The van der Waals surface area contributed by atoms with Gasteiger partial charge in [-0.2, -0.15) is 0 Å². The molecule has 1 amide bonds. The van der Waals surface area contributed by atoms with Crippen molar-refractivity contribution in [2.24, 2.45) is 0 Å². The molecular formula is C22H21ClF3N3O6. The number of fused-ring (bicyclic) bond motifs is 1. The van der Waals surface area contributed by atoms with E-state index in [1.165, 1.54) is 6.07 Å². The summed E-state index contributed by atoms with van der Waals surface area (Å²) in [6.07, 6.45) is -5.70. The first-order valence-electron chi connectivity index (χ1n) is 11.1. The molecule has 3 atom stereocenters. The van der Waals surface area contributed by atoms with Crippen molar-refractivity contribution in [2.75, 3.05) is 6.61 Å². The van der Waals surface area contributed by atoms with E-state index < -0.39 is 30.6 Å². The van der Waals surface area contributed by atoms with Gasteiger partial charge in [-0.3, -0.25) is 14.3 Å². The van der Waals surface area contributed by atoms with E-state index in [9.17, 15) is 22.8 Å². The lowest BCUT2D eigenvalue weighted by Gasteiger charge is -2.33. The number of hydrogen-bond donors (Lipinski definition) is 1. The summed E-state index contributed by atoms with van der Waals surface area (Å²) in [4.78, 5) is 25.1. The van der Waals surface area contributed by atoms with Crippen molar-refractivity contribution in [3.8, 4) is 5.75 Å². The average Bonchev–Trinajstić information content (AvgIpc) is 3.26. The second kappa shape index (κ2) is 9.40. The van der Waals surface area contributed by atoms with Crippen molar-refractivity contribution < 1.29 is 41.4 Å². The summed E-state index contributed by atoms with van der Waals surface area (Å²) in [5.74, 6) is -0.0713. The lowest BCUT2D eigenvalue weighted by Crippen LogP contribution is -2.48. The van der Waals surface area contributed by atoms with Gasteiger partial charge in [0.25, 0.3) is 5.91 Å². The molecule has 0 spiro atoms. The van der Waals surface area contributed by atoms with Gasteiger partial charge in [-0.05, 0) is 43.9 Å². The molecule has 1 saturated heterocycles. The van der Waals surface area contributed by atoms with Crippen LogP contribution in [0.2, 0.25) is 5.02 Å². The molecule has 3 aliphatic rings. The highest BCUT2D eigenvalue weighted by Crippen LogP contribution is 2.41. The van der Waals surface area contributed by atoms with Crippen molar-refractivity contribution in [3.63, 3.8) is 0 Å². The third kappa shape index (κ3) is 5.44. The van der Waals surface area contributed by atoms with Crippen molar-refractivity contribution in [1.82, 2.24) is 15.5 Å². The van der Waals surface area contributed by atoms with E-state index in [0.717, 1.165) is 0 Å². The molecule has 5 rings (SSSR count). The van der Waals surface area contributed by atoms with Crippen molar-refractivity contribution >= 4 is 23.3 Å². The third-order valence-corrected chi connectivity index (χ3v) is 6.51. The molecule has 0 bridgehead atoms. The minimum atomic E-state index is -4.66. The first kappa shape index (κ1) is 24.0. The van der Waals surface area contributed by atoms with Gasteiger partial charge in [0, 0.05) is 10.9 Å². The van der Waals surface area contributed by atoms with Crippen LogP contribution < -0.4 is 10.1 Å². The van der Waals surface area contributed by atoms with Crippen LogP contribution in [-0.4, -0.2) is 53.1 Å². The summed E-state index contributed by atoms with van der Waals surface area (Å²) >= 11 is 5.92. The van der Waals surface area contributed by atoms with Crippen LogP contribution in [0, 0.1) is 0 Å². The fourth-order valence-corrected chi connectivity index (χ4v) is 4.56. The zero-order valence-corrected chi connectivity index (χ0v) is 19.0. The number of aromatic nitrogens is 2. The highest BCUT2D eigenvalue weighted by atomic mass is 35.5. The number of ketones is 1.